The van der Waals surface area contributed by atoms with Crippen LogP contribution in [0, 0.1) is 0 Å². The summed E-state index contributed by atoms with van der Waals surface area (Å²) in [5.41, 5.74) is 0. The van der Waals surface area contributed by atoms with Gasteiger partial charge in [0.2, 0.25) is 0 Å². The summed E-state index contributed by atoms with van der Waals surface area (Å²) in [4.78, 5) is 0. The van der Waals surface area contributed by atoms with E-state index in [4.69, 9.17) is 0 Å². The van der Waals surface area contributed by atoms with Crippen LogP contribution in [0.15, 0.2) is 0 Å². The van der Waals surface area contributed by atoms with Crippen molar-refractivity contribution in [2.75, 3.05) is 13.1 Å². The van der Waals surface area contributed by atoms with Crippen LogP contribution in [0.2, 0.25) is 16.1 Å². The maximum absolute atomic E-state index is 2.83. The maximum atomic E-state index is 2.83. The van der Waals surface area contributed by atoms with Crippen molar-refractivity contribution in [3.8, 4) is 0 Å². The van der Waals surface area contributed by atoms with Crippen LogP contribution in [-0.4, -0.2) is 25.9 Å². The molecule has 0 saturated heterocycles. The van der Waals surface area contributed by atoms with E-state index in [0.29, 0.717) is 10.1 Å². The Morgan fingerprint density at radius 1 is 0.765 bits per heavy atom. The first-order valence-corrected chi connectivity index (χ1v) is 9.49. The molecule has 0 atom stereocenters. The lowest BCUT2D eigenvalue weighted by Gasteiger charge is -2.57. The second kappa shape index (κ2) is 5.88. The van der Waals surface area contributed by atoms with Crippen LogP contribution < -0.4 is 0 Å². The average Bonchev–Trinajstić information content (AvgIpc) is 2.14. The molecule has 0 fully saturated rings. The topological polar surface area (TPSA) is 3.24 Å². The molecule has 0 aromatic rings. The Hall–Kier alpha value is 0.177. The standard InChI is InChI=1S/C15H35NSi/c1-10-13-17(14(4,5)6,15(7,8)9)16(11-2)12-3/h10-13H2,1-9H3. The minimum Gasteiger partial charge on any atom is -0.323 e. The predicted octanol–water partition coefficient (Wildman–Crippen LogP) is 5.28. The quantitative estimate of drug-likeness (QED) is 0.605. The summed E-state index contributed by atoms with van der Waals surface area (Å²) in [6.07, 6.45) is 1.32. The van der Waals surface area contributed by atoms with Crippen molar-refractivity contribution in [2.24, 2.45) is 0 Å². The molecule has 0 aliphatic heterocycles. The highest BCUT2D eigenvalue weighted by atomic mass is 28.3. The van der Waals surface area contributed by atoms with Crippen molar-refractivity contribution >= 4 is 8.24 Å². The molecule has 1 nitrogen and oxygen atoms in total. The monoisotopic (exact) mass is 257 g/mol. The van der Waals surface area contributed by atoms with E-state index in [1.165, 1.54) is 25.6 Å². The van der Waals surface area contributed by atoms with Crippen LogP contribution in [0.4, 0.5) is 0 Å². The van der Waals surface area contributed by atoms with Gasteiger partial charge in [0.05, 0.1) is 0 Å². The van der Waals surface area contributed by atoms with E-state index in [9.17, 15) is 0 Å². The van der Waals surface area contributed by atoms with Crippen LogP contribution in [0.25, 0.3) is 0 Å². The molecule has 0 saturated carbocycles. The van der Waals surface area contributed by atoms with Crippen LogP contribution in [0.3, 0.4) is 0 Å². The normalized spacial score (nSPS) is 14.5. The number of hydrogen-bond acceptors (Lipinski definition) is 1. The summed E-state index contributed by atoms with van der Waals surface area (Å²) in [5.74, 6) is 0. The van der Waals surface area contributed by atoms with E-state index in [1.54, 1.807) is 0 Å². The highest BCUT2D eigenvalue weighted by Crippen LogP contribution is 2.55. The molecule has 2 heteroatoms. The summed E-state index contributed by atoms with van der Waals surface area (Å²) in [7, 11) is -1.49. The molecule has 104 valence electrons. The van der Waals surface area contributed by atoms with Gasteiger partial charge in [-0.15, -0.1) is 0 Å². The minimum absolute atomic E-state index is 0.438. The molecule has 0 unspecified atom stereocenters. The smallest absolute Gasteiger partial charge is 0.139 e. The first kappa shape index (κ1) is 17.2. The van der Waals surface area contributed by atoms with Gasteiger partial charge in [0.15, 0.2) is 0 Å². The fourth-order valence-corrected chi connectivity index (χ4v) is 11.9. The summed E-state index contributed by atoms with van der Waals surface area (Å²) in [5, 5.41) is 0.876. The molecule has 0 rings (SSSR count). The Morgan fingerprint density at radius 3 is 1.29 bits per heavy atom. The number of hydrogen-bond donors (Lipinski definition) is 0. The zero-order valence-electron chi connectivity index (χ0n) is 13.8. The van der Waals surface area contributed by atoms with Crippen molar-refractivity contribution < 1.29 is 0 Å². The van der Waals surface area contributed by atoms with Crippen molar-refractivity contribution in [1.29, 1.82) is 0 Å². The fourth-order valence-electron chi connectivity index (χ4n) is 4.11. The maximum Gasteiger partial charge on any atom is 0.139 e. The van der Waals surface area contributed by atoms with Gasteiger partial charge in [-0.2, -0.15) is 0 Å². The van der Waals surface area contributed by atoms with Crippen LogP contribution in [-0.2, 0) is 0 Å². The molecule has 0 bridgehead atoms. The third-order valence-corrected chi connectivity index (χ3v) is 12.3. The predicted molar refractivity (Wildman–Crippen MR) is 83.2 cm³/mol. The zero-order chi connectivity index (χ0) is 13.9. The molecule has 0 amide bonds. The first-order chi connectivity index (χ1) is 7.58. The Bertz CT molecular complexity index is 204. The molecule has 0 aromatic carbocycles. The van der Waals surface area contributed by atoms with Gasteiger partial charge in [-0.1, -0.05) is 68.7 Å². The highest BCUT2D eigenvalue weighted by molar-refractivity contribution is 6.82. The van der Waals surface area contributed by atoms with Crippen molar-refractivity contribution in [2.45, 2.75) is 84.9 Å². The van der Waals surface area contributed by atoms with E-state index >= 15 is 0 Å². The minimum atomic E-state index is -1.49. The summed E-state index contributed by atoms with van der Waals surface area (Å²) < 4.78 is 2.83. The van der Waals surface area contributed by atoms with Gasteiger partial charge in [-0.25, -0.2) is 0 Å². The molecular weight excluding hydrogens is 222 g/mol. The summed E-state index contributed by atoms with van der Waals surface area (Å²) >= 11 is 0. The molecule has 0 N–H and O–H groups in total. The van der Waals surface area contributed by atoms with E-state index in [1.807, 2.05) is 0 Å². The van der Waals surface area contributed by atoms with E-state index in [2.05, 4.69) is 66.9 Å². The van der Waals surface area contributed by atoms with Gasteiger partial charge in [0, 0.05) is 0 Å². The summed E-state index contributed by atoms with van der Waals surface area (Å²) in [6, 6.07) is 1.42. The molecule has 0 aromatic heterocycles. The van der Waals surface area contributed by atoms with Crippen molar-refractivity contribution in [3.05, 3.63) is 0 Å². The molecule has 0 radical (unpaired) electrons. The third-order valence-electron chi connectivity index (χ3n) is 4.40. The fraction of sp³-hybridized carbons (Fsp3) is 1.00. The Morgan fingerprint density at radius 2 is 1.12 bits per heavy atom. The molecule has 0 spiro atoms. The molecule has 0 aliphatic carbocycles. The van der Waals surface area contributed by atoms with E-state index in [0.717, 1.165) is 0 Å². The number of nitrogens with zero attached hydrogens (tertiary/aromatic N) is 1. The second-order valence-corrected chi connectivity index (χ2v) is 13.1. The van der Waals surface area contributed by atoms with Gasteiger partial charge in [0.25, 0.3) is 0 Å². The average molecular weight is 258 g/mol. The van der Waals surface area contributed by atoms with Gasteiger partial charge in [0.1, 0.15) is 8.24 Å². The second-order valence-electron chi connectivity index (χ2n) is 7.28. The van der Waals surface area contributed by atoms with E-state index < -0.39 is 8.24 Å². The molecule has 0 heterocycles. The van der Waals surface area contributed by atoms with Crippen LogP contribution in [0.1, 0.15) is 68.7 Å². The Balaban J connectivity index is 5.73. The van der Waals surface area contributed by atoms with Gasteiger partial charge >= 0.3 is 0 Å². The largest absolute Gasteiger partial charge is 0.323 e. The van der Waals surface area contributed by atoms with Crippen LogP contribution >= 0.6 is 0 Å². The van der Waals surface area contributed by atoms with E-state index in [-0.39, 0.29) is 0 Å². The summed E-state index contributed by atoms with van der Waals surface area (Å²) in [6.45, 7) is 24.2. The molecular formula is C15H35NSi. The lowest BCUT2D eigenvalue weighted by Crippen LogP contribution is -2.64. The Labute approximate surface area is 111 Å². The zero-order valence-corrected chi connectivity index (χ0v) is 14.8. The lowest BCUT2D eigenvalue weighted by atomic mass is 10.2. The van der Waals surface area contributed by atoms with Gasteiger partial charge in [-0.05, 0) is 29.2 Å². The lowest BCUT2D eigenvalue weighted by molar-refractivity contribution is 0.388. The molecule has 17 heavy (non-hydrogen) atoms. The SMILES string of the molecule is CCC[Si](N(CC)CC)(C(C)(C)C)C(C)(C)C. The third kappa shape index (κ3) is 3.14. The Kier molecular flexibility index (Phi) is 5.94. The number of rotatable bonds is 5. The highest BCUT2D eigenvalue weighted by Gasteiger charge is 2.55. The van der Waals surface area contributed by atoms with Crippen molar-refractivity contribution in [1.82, 2.24) is 4.57 Å². The molecule has 0 aliphatic rings. The van der Waals surface area contributed by atoms with Gasteiger partial charge in [-0.3, -0.25) is 0 Å². The van der Waals surface area contributed by atoms with Crippen molar-refractivity contribution in [3.63, 3.8) is 0 Å². The van der Waals surface area contributed by atoms with Gasteiger partial charge < -0.3 is 4.57 Å². The first-order valence-electron chi connectivity index (χ1n) is 7.33. The van der Waals surface area contributed by atoms with Crippen LogP contribution in [0.5, 0.6) is 0 Å².